The van der Waals surface area contributed by atoms with Gasteiger partial charge in [0.15, 0.2) is 0 Å². The minimum atomic E-state index is -3.50. The van der Waals surface area contributed by atoms with Crippen molar-refractivity contribution in [3.63, 3.8) is 0 Å². The van der Waals surface area contributed by atoms with Crippen molar-refractivity contribution in [1.29, 1.82) is 0 Å². The number of anilines is 3. The van der Waals surface area contributed by atoms with E-state index in [1.165, 1.54) is 37.4 Å². The van der Waals surface area contributed by atoms with Gasteiger partial charge in [-0.15, -0.1) is 0 Å². The van der Waals surface area contributed by atoms with Crippen LogP contribution >= 0.6 is 0 Å². The molecule has 0 fully saturated rings. The average molecular weight is 380 g/mol. The topological polar surface area (TPSA) is 154 Å². The van der Waals surface area contributed by atoms with E-state index < -0.39 is 20.9 Å². The van der Waals surface area contributed by atoms with E-state index in [1.807, 2.05) is 0 Å². The van der Waals surface area contributed by atoms with Crippen molar-refractivity contribution in [3.05, 3.63) is 52.1 Å². The first-order chi connectivity index (χ1) is 12.1. The highest BCUT2D eigenvalue weighted by molar-refractivity contribution is 7.92. The van der Waals surface area contributed by atoms with Crippen LogP contribution in [0.2, 0.25) is 0 Å². The summed E-state index contributed by atoms with van der Waals surface area (Å²) in [5, 5.41) is 13.5. The second-order valence-electron chi connectivity index (χ2n) is 5.27. The molecule has 2 aromatic carbocycles. The summed E-state index contributed by atoms with van der Waals surface area (Å²) in [5.74, 6) is -0.407. The molecule has 26 heavy (non-hydrogen) atoms. The summed E-state index contributed by atoms with van der Waals surface area (Å²) in [4.78, 5) is 22.5. The number of sulfonamides is 1. The van der Waals surface area contributed by atoms with Crippen LogP contribution in [0.3, 0.4) is 0 Å². The number of carbonyl (C=O) groups excluding carboxylic acids is 1. The van der Waals surface area contributed by atoms with Gasteiger partial charge in [0, 0.05) is 23.4 Å². The molecule has 2 rings (SSSR count). The molecule has 0 aliphatic rings. The van der Waals surface area contributed by atoms with Gasteiger partial charge < -0.3 is 15.8 Å². The summed E-state index contributed by atoms with van der Waals surface area (Å²) < 4.78 is 30.0. The maximum absolute atomic E-state index is 12.3. The van der Waals surface area contributed by atoms with Crippen molar-refractivity contribution < 1.29 is 22.9 Å². The number of hydrogen-bond acceptors (Lipinski definition) is 7. The number of benzene rings is 2. The Bertz CT molecular complexity index is 974. The van der Waals surface area contributed by atoms with Gasteiger partial charge in [-0.1, -0.05) is 0 Å². The fraction of sp³-hybridized carbons (Fsp3) is 0.133. The number of amides is 1. The summed E-state index contributed by atoms with van der Waals surface area (Å²) in [7, 11) is -2.15. The Morgan fingerprint density at radius 3 is 2.50 bits per heavy atom. The molecule has 0 saturated carbocycles. The van der Waals surface area contributed by atoms with E-state index in [4.69, 9.17) is 10.5 Å². The number of nitro groups is 1. The van der Waals surface area contributed by atoms with E-state index in [9.17, 15) is 23.3 Å². The van der Waals surface area contributed by atoms with Crippen molar-refractivity contribution in [2.24, 2.45) is 0 Å². The Morgan fingerprint density at radius 1 is 1.23 bits per heavy atom. The van der Waals surface area contributed by atoms with Crippen molar-refractivity contribution >= 4 is 38.7 Å². The molecule has 0 heterocycles. The zero-order valence-corrected chi connectivity index (χ0v) is 14.7. The summed E-state index contributed by atoms with van der Waals surface area (Å²) in [6, 6.07) is 7.99. The van der Waals surface area contributed by atoms with E-state index in [2.05, 4.69) is 10.0 Å². The summed E-state index contributed by atoms with van der Waals surface area (Å²) in [5.41, 5.74) is 5.64. The third-order valence-corrected chi connectivity index (χ3v) is 3.83. The van der Waals surface area contributed by atoms with Crippen molar-refractivity contribution in [3.8, 4) is 5.75 Å². The molecule has 2 aromatic rings. The van der Waals surface area contributed by atoms with E-state index in [1.54, 1.807) is 0 Å². The Labute approximate surface area is 149 Å². The van der Waals surface area contributed by atoms with Crippen LogP contribution in [-0.4, -0.2) is 32.6 Å². The highest BCUT2D eigenvalue weighted by Gasteiger charge is 2.16. The average Bonchev–Trinajstić information content (AvgIpc) is 2.55. The molecule has 0 bridgehead atoms. The number of methoxy groups -OCH3 is 1. The maximum Gasteiger partial charge on any atom is 0.292 e. The number of nitrogens with two attached hydrogens (primary N) is 1. The molecule has 0 aliphatic heterocycles. The molecule has 0 saturated heterocycles. The Balaban J connectivity index is 2.27. The molecular formula is C15H16N4O6S. The van der Waals surface area contributed by atoms with E-state index in [0.717, 1.165) is 12.3 Å². The molecule has 138 valence electrons. The lowest BCUT2D eigenvalue weighted by molar-refractivity contribution is -0.383. The molecule has 10 nitrogen and oxygen atoms in total. The lowest BCUT2D eigenvalue weighted by Gasteiger charge is -2.12. The Morgan fingerprint density at radius 2 is 1.92 bits per heavy atom. The normalized spacial score (nSPS) is 10.8. The van der Waals surface area contributed by atoms with Crippen LogP contribution in [0.15, 0.2) is 36.4 Å². The Kier molecular flexibility index (Phi) is 5.31. The van der Waals surface area contributed by atoms with Gasteiger partial charge in [0.1, 0.15) is 11.4 Å². The van der Waals surface area contributed by atoms with Crippen LogP contribution < -0.4 is 20.5 Å². The molecule has 0 radical (unpaired) electrons. The van der Waals surface area contributed by atoms with Gasteiger partial charge in [0.2, 0.25) is 10.0 Å². The lowest BCUT2D eigenvalue weighted by Crippen LogP contribution is -2.14. The fourth-order valence-electron chi connectivity index (χ4n) is 2.10. The smallest absolute Gasteiger partial charge is 0.292 e. The third-order valence-electron chi connectivity index (χ3n) is 3.24. The van der Waals surface area contributed by atoms with Crippen molar-refractivity contribution in [2.75, 3.05) is 29.1 Å². The van der Waals surface area contributed by atoms with Gasteiger partial charge in [-0.3, -0.25) is 19.6 Å². The zero-order valence-electron chi connectivity index (χ0n) is 13.8. The second-order valence-corrected chi connectivity index (χ2v) is 7.02. The first kappa shape index (κ1) is 19.0. The van der Waals surface area contributed by atoms with Crippen LogP contribution in [0.5, 0.6) is 5.75 Å². The predicted octanol–water partition coefficient (Wildman–Crippen LogP) is 1.81. The van der Waals surface area contributed by atoms with E-state index in [-0.39, 0.29) is 28.4 Å². The fourth-order valence-corrected chi connectivity index (χ4v) is 2.67. The van der Waals surface area contributed by atoms with Crippen LogP contribution in [0.25, 0.3) is 0 Å². The highest BCUT2D eigenvalue weighted by atomic mass is 32.2. The van der Waals surface area contributed by atoms with E-state index >= 15 is 0 Å². The molecule has 0 unspecified atom stereocenters. The minimum absolute atomic E-state index is 0.0446. The van der Waals surface area contributed by atoms with Gasteiger partial charge in [0.25, 0.3) is 11.6 Å². The summed E-state index contributed by atoms with van der Waals surface area (Å²) in [6.07, 6.45) is 0.996. The van der Waals surface area contributed by atoms with Crippen molar-refractivity contribution in [2.45, 2.75) is 0 Å². The molecular weight excluding hydrogens is 364 g/mol. The summed E-state index contributed by atoms with van der Waals surface area (Å²) in [6.45, 7) is 0. The number of nitrogens with zero attached hydrogens (tertiary/aromatic N) is 1. The number of nitrogen functional groups attached to an aromatic ring is 1. The zero-order chi connectivity index (χ0) is 19.5. The number of rotatable bonds is 6. The van der Waals surface area contributed by atoms with Gasteiger partial charge in [0.05, 0.1) is 24.0 Å². The monoisotopic (exact) mass is 380 g/mol. The van der Waals surface area contributed by atoms with Gasteiger partial charge in [-0.25, -0.2) is 8.42 Å². The Hall–Kier alpha value is -3.34. The molecule has 1 amide bonds. The standard InChI is InChI=1S/C15H16N4O6S/c1-25-14-8-10(4-6-12(14)18-26(2,23)24)17-15(20)9-3-5-11(16)13(7-9)19(21)22/h3-8,18H,16H2,1-2H3,(H,17,20). The van der Waals surface area contributed by atoms with Gasteiger partial charge in [-0.05, 0) is 24.3 Å². The third kappa shape index (κ3) is 4.60. The molecule has 0 spiro atoms. The SMILES string of the molecule is COc1cc(NC(=O)c2ccc(N)c([N+](=O)[O-])c2)ccc1NS(C)(=O)=O. The van der Waals surface area contributed by atoms with E-state index in [0.29, 0.717) is 5.69 Å². The van der Waals surface area contributed by atoms with Gasteiger partial charge >= 0.3 is 0 Å². The molecule has 11 heteroatoms. The lowest BCUT2D eigenvalue weighted by atomic mass is 10.1. The molecule has 0 aromatic heterocycles. The number of ether oxygens (including phenoxy) is 1. The minimum Gasteiger partial charge on any atom is -0.494 e. The van der Waals surface area contributed by atoms with Gasteiger partial charge in [-0.2, -0.15) is 0 Å². The maximum atomic E-state index is 12.3. The number of carbonyl (C=O) groups is 1. The first-order valence-electron chi connectivity index (χ1n) is 7.12. The number of hydrogen-bond donors (Lipinski definition) is 3. The molecule has 4 N–H and O–H groups in total. The summed E-state index contributed by atoms with van der Waals surface area (Å²) >= 11 is 0. The van der Waals surface area contributed by atoms with Crippen molar-refractivity contribution in [1.82, 2.24) is 0 Å². The quantitative estimate of drug-likeness (QED) is 0.392. The van der Waals surface area contributed by atoms with Crippen LogP contribution in [0, 0.1) is 10.1 Å². The number of nitro benzene ring substituents is 1. The van der Waals surface area contributed by atoms with Crippen LogP contribution in [0.1, 0.15) is 10.4 Å². The van der Waals surface area contributed by atoms with Crippen LogP contribution in [0.4, 0.5) is 22.7 Å². The van der Waals surface area contributed by atoms with Crippen LogP contribution in [-0.2, 0) is 10.0 Å². The second kappa shape index (κ2) is 7.27. The first-order valence-corrected chi connectivity index (χ1v) is 9.01. The largest absolute Gasteiger partial charge is 0.494 e. The predicted molar refractivity (Wildman–Crippen MR) is 96.9 cm³/mol. The molecule has 0 atom stereocenters. The molecule has 0 aliphatic carbocycles. The highest BCUT2D eigenvalue weighted by Crippen LogP contribution is 2.29. The number of nitrogens with one attached hydrogen (secondary N) is 2.